The van der Waals surface area contributed by atoms with Gasteiger partial charge in [0.25, 0.3) is 0 Å². The van der Waals surface area contributed by atoms with Crippen LogP contribution in [0.4, 0.5) is 8.78 Å². The molecule has 5 nitrogen and oxygen atoms in total. The van der Waals surface area contributed by atoms with Gasteiger partial charge in [-0.15, -0.1) is 0 Å². The summed E-state index contributed by atoms with van der Waals surface area (Å²) in [7, 11) is -1.41. The molecule has 8 heteroatoms. The van der Waals surface area contributed by atoms with Gasteiger partial charge in [0, 0.05) is 24.9 Å². The summed E-state index contributed by atoms with van der Waals surface area (Å²) in [5.74, 6) is 0.0203. The number of para-hydroxylation sites is 1. The first-order valence-corrected chi connectivity index (χ1v) is 8.42. The fourth-order valence-corrected chi connectivity index (χ4v) is 2.59. The summed E-state index contributed by atoms with van der Waals surface area (Å²) in [6, 6.07) is 5.97. The molecule has 1 aromatic carbocycles. The molecule has 0 radical (unpaired) electrons. The highest BCUT2D eigenvalue weighted by atomic mass is 32.2. The van der Waals surface area contributed by atoms with E-state index in [-0.39, 0.29) is 24.6 Å². The molecule has 0 saturated carbocycles. The number of alkyl halides is 2. The number of likely N-dealkylation sites (N-methyl/N-ethyl adjacent to an activating group) is 1. The number of hydrogen-bond acceptors (Lipinski definition) is 5. The van der Waals surface area contributed by atoms with Gasteiger partial charge in [0.1, 0.15) is 15.6 Å². The number of rotatable bonds is 8. The van der Waals surface area contributed by atoms with Crippen LogP contribution < -0.4 is 10.5 Å². The topological polar surface area (TPSA) is 72.6 Å². The van der Waals surface area contributed by atoms with Crippen LogP contribution in [0.15, 0.2) is 24.3 Å². The number of nitrogens with two attached hydrogens (primary N) is 1. The molecule has 0 aliphatic carbocycles. The van der Waals surface area contributed by atoms with Gasteiger partial charge in [0.15, 0.2) is 0 Å². The van der Waals surface area contributed by atoms with E-state index in [0.717, 1.165) is 6.26 Å². The number of benzene rings is 1. The van der Waals surface area contributed by atoms with Crippen LogP contribution >= 0.6 is 0 Å². The fraction of sp³-hybridized carbons (Fsp3) is 0.538. The van der Waals surface area contributed by atoms with Crippen LogP contribution in [0.3, 0.4) is 0 Å². The molecular formula is C13H20F2N2O3S. The van der Waals surface area contributed by atoms with E-state index in [0.29, 0.717) is 5.56 Å². The van der Waals surface area contributed by atoms with Crippen molar-refractivity contribution < 1.29 is 21.9 Å². The van der Waals surface area contributed by atoms with Crippen molar-refractivity contribution in [3.05, 3.63) is 29.8 Å². The van der Waals surface area contributed by atoms with Crippen molar-refractivity contribution in [3.8, 4) is 5.75 Å². The maximum Gasteiger partial charge on any atom is 0.387 e. The van der Waals surface area contributed by atoms with E-state index in [1.54, 1.807) is 30.1 Å². The molecule has 1 rings (SSSR count). The lowest BCUT2D eigenvalue weighted by atomic mass is 10.0. The van der Waals surface area contributed by atoms with E-state index < -0.39 is 22.5 Å². The summed E-state index contributed by atoms with van der Waals surface area (Å²) >= 11 is 0. The van der Waals surface area contributed by atoms with Gasteiger partial charge in [0.05, 0.1) is 11.8 Å². The van der Waals surface area contributed by atoms with E-state index in [4.69, 9.17) is 5.73 Å². The van der Waals surface area contributed by atoms with E-state index >= 15 is 0 Å². The Hall–Kier alpha value is -1.25. The van der Waals surface area contributed by atoms with E-state index in [1.807, 2.05) is 0 Å². The minimum Gasteiger partial charge on any atom is -0.434 e. The molecule has 1 aromatic rings. The van der Waals surface area contributed by atoms with Crippen LogP contribution in [-0.2, 0) is 9.84 Å². The number of sulfone groups is 1. The number of ether oxygens (including phenoxy) is 1. The largest absolute Gasteiger partial charge is 0.434 e. The van der Waals surface area contributed by atoms with Crippen molar-refractivity contribution in [2.24, 2.45) is 5.73 Å². The lowest BCUT2D eigenvalue weighted by Gasteiger charge is -2.28. The van der Waals surface area contributed by atoms with E-state index in [2.05, 4.69) is 4.74 Å². The monoisotopic (exact) mass is 322 g/mol. The first-order chi connectivity index (χ1) is 9.74. The van der Waals surface area contributed by atoms with Gasteiger partial charge < -0.3 is 10.5 Å². The third kappa shape index (κ3) is 5.94. The third-order valence-corrected chi connectivity index (χ3v) is 3.99. The van der Waals surface area contributed by atoms with Crippen LogP contribution in [-0.4, -0.2) is 52.1 Å². The van der Waals surface area contributed by atoms with Crippen molar-refractivity contribution in [2.75, 3.05) is 32.1 Å². The maximum absolute atomic E-state index is 12.4. The number of hydrogen-bond donors (Lipinski definition) is 1. The molecule has 1 unspecified atom stereocenters. The second-order valence-electron chi connectivity index (χ2n) is 4.78. The molecule has 21 heavy (non-hydrogen) atoms. The zero-order chi connectivity index (χ0) is 16.0. The summed E-state index contributed by atoms with van der Waals surface area (Å²) in [5, 5.41) is 0. The highest BCUT2D eigenvalue weighted by Gasteiger charge is 2.21. The molecule has 0 aliphatic rings. The quantitative estimate of drug-likeness (QED) is 0.780. The Morgan fingerprint density at radius 3 is 2.48 bits per heavy atom. The minimum atomic E-state index is -3.11. The molecule has 0 fully saturated rings. The first kappa shape index (κ1) is 17.8. The van der Waals surface area contributed by atoms with Gasteiger partial charge in [-0.1, -0.05) is 18.2 Å². The van der Waals surface area contributed by atoms with Gasteiger partial charge in [-0.2, -0.15) is 8.78 Å². The molecule has 0 saturated heterocycles. The summed E-state index contributed by atoms with van der Waals surface area (Å²) < 4.78 is 51.8. The highest BCUT2D eigenvalue weighted by molar-refractivity contribution is 7.90. The third-order valence-electron chi connectivity index (χ3n) is 3.06. The Morgan fingerprint density at radius 2 is 1.95 bits per heavy atom. The lowest BCUT2D eigenvalue weighted by Crippen LogP contribution is -2.34. The molecule has 1 atom stereocenters. The molecule has 0 heterocycles. The normalized spacial score (nSPS) is 13.7. The summed E-state index contributed by atoms with van der Waals surface area (Å²) in [6.45, 7) is -2.51. The van der Waals surface area contributed by atoms with Crippen molar-refractivity contribution in [3.63, 3.8) is 0 Å². The van der Waals surface area contributed by atoms with Crippen molar-refractivity contribution in [2.45, 2.75) is 12.7 Å². The van der Waals surface area contributed by atoms with Gasteiger partial charge in [-0.25, -0.2) is 8.42 Å². The van der Waals surface area contributed by atoms with Crippen molar-refractivity contribution in [1.29, 1.82) is 0 Å². The smallest absolute Gasteiger partial charge is 0.387 e. The standard InChI is InChI=1S/C13H20F2N2O3S/c1-17(7-8-21(2,18)19)11(9-16)10-5-3-4-6-12(10)20-13(14)15/h3-6,11,13H,7-9,16H2,1-2H3. The Bertz CT molecular complexity index is 552. The fourth-order valence-electron chi connectivity index (χ4n) is 1.97. The molecule has 0 aromatic heterocycles. The average molecular weight is 322 g/mol. The molecular weight excluding hydrogens is 302 g/mol. The van der Waals surface area contributed by atoms with Crippen LogP contribution in [0.1, 0.15) is 11.6 Å². The Morgan fingerprint density at radius 1 is 1.33 bits per heavy atom. The zero-order valence-electron chi connectivity index (χ0n) is 12.0. The van der Waals surface area contributed by atoms with E-state index in [1.165, 1.54) is 6.07 Å². The highest BCUT2D eigenvalue weighted by Crippen LogP contribution is 2.29. The van der Waals surface area contributed by atoms with Crippen molar-refractivity contribution >= 4 is 9.84 Å². The molecule has 0 bridgehead atoms. The Balaban J connectivity index is 2.93. The summed E-state index contributed by atoms with van der Waals surface area (Å²) in [5.41, 5.74) is 6.22. The van der Waals surface area contributed by atoms with Crippen molar-refractivity contribution in [1.82, 2.24) is 4.90 Å². The predicted molar refractivity (Wildman–Crippen MR) is 77.2 cm³/mol. The molecule has 120 valence electrons. The van der Waals surface area contributed by atoms with Gasteiger partial charge in [-0.05, 0) is 13.1 Å². The minimum absolute atomic E-state index is 0.0299. The average Bonchev–Trinajstić information content (AvgIpc) is 2.38. The number of halogens is 2. The van der Waals surface area contributed by atoms with Crippen LogP contribution in [0.5, 0.6) is 5.75 Å². The summed E-state index contributed by atoms with van der Waals surface area (Å²) in [4.78, 5) is 1.72. The molecule has 0 aliphatic heterocycles. The second-order valence-corrected chi connectivity index (χ2v) is 7.04. The maximum atomic E-state index is 12.4. The molecule has 2 N–H and O–H groups in total. The molecule has 0 spiro atoms. The van der Waals surface area contributed by atoms with E-state index in [9.17, 15) is 17.2 Å². The van der Waals surface area contributed by atoms with Crippen LogP contribution in [0.2, 0.25) is 0 Å². The Labute approximate surface area is 123 Å². The SMILES string of the molecule is CN(CCS(C)(=O)=O)C(CN)c1ccccc1OC(F)F. The first-order valence-electron chi connectivity index (χ1n) is 6.36. The summed E-state index contributed by atoms with van der Waals surface area (Å²) in [6.07, 6.45) is 1.14. The lowest BCUT2D eigenvalue weighted by molar-refractivity contribution is -0.0510. The van der Waals surface area contributed by atoms with Crippen LogP contribution in [0, 0.1) is 0 Å². The zero-order valence-corrected chi connectivity index (χ0v) is 12.8. The van der Waals surface area contributed by atoms with Crippen LogP contribution in [0.25, 0.3) is 0 Å². The number of nitrogens with zero attached hydrogens (tertiary/aromatic N) is 1. The van der Waals surface area contributed by atoms with Gasteiger partial charge in [-0.3, -0.25) is 4.90 Å². The Kier molecular flexibility index (Phi) is 6.50. The van der Waals surface area contributed by atoms with Gasteiger partial charge in [0.2, 0.25) is 0 Å². The molecule has 0 amide bonds. The predicted octanol–water partition coefficient (Wildman–Crippen LogP) is 1.26. The van der Waals surface area contributed by atoms with Gasteiger partial charge >= 0.3 is 6.61 Å². The second kappa shape index (κ2) is 7.67.